The molecule has 2 aliphatic rings. The Bertz CT molecular complexity index is 540. The molecule has 1 saturated heterocycles. The van der Waals surface area contributed by atoms with Crippen LogP contribution < -0.4 is 5.32 Å². The summed E-state index contributed by atoms with van der Waals surface area (Å²) in [5, 5.41) is 7.81. The second-order valence-corrected chi connectivity index (χ2v) is 7.73. The van der Waals surface area contributed by atoms with Crippen molar-refractivity contribution in [3.8, 4) is 0 Å². The molecule has 5 nitrogen and oxygen atoms in total. The molecule has 0 unspecified atom stereocenters. The lowest BCUT2D eigenvalue weighted by atomic mass is 9.95. The average Bonchev–Trinajstić information content (AvgIpc) is 2.87. The van der Waals surface area contributed by atoms with Crippen molar-refractivity contribution < 1.29 is 4.79 Å². The lowest BCUT2D eigenvalue weighted by molar-refractivity contribution is -0.123. The van der Waals surface area contributed by atoms with Crippen LogP contribution in [0.1, 0.15) is 56.3 Å². The summed E-state index contributed by atoms with van der Waals surface area (Å²) < 4.78 is 2.14. The fourth-order valence-corrected chi connectivity index (χ4v) is 4.15. The number of carbonyl (C=O) groups is 1. The number of aromatic nitrogens is 2. The summed E-state index contributed by atoms with van der Waals surface area (Å²) in [5.41, 5.74) is 2.35. The minimum absolute atomic E-state index is 0.221. The summed E-state index contributed by atoms with van der Waals surface area (Å²) in [6, 6.07) is 2.57. The van der Waals surface area contributed by atoms with E-state index in [1.165, 1.54) is 25.0 Å². The smallest absolute Gasteiger partial charge is 0.234 e. The zero-order valence-corrected chi connectivity index (χ0v) is 15.3. The maximum absolute atomic E-state index is 12.2. The number of rotatable bonds is 5. The van der Waals surface area contributed by atoms with Crippen LogP contribution in [0.5, 0.6) is 0 Å². The molecule has 1 saturated carbocycles. The molecule has 1 aromatic rings. The monoisotopic (exact) mass is 332 g/mol. The molecule has 2 heterocycles. The summed E-state index contributed by atoms with van der Waals surface area (Å²) in [4.78, 5) is 14.5. The van der Waals surface area contributed by atoms with Crippen molar-refractivity contribution in [1.82, 2.24) is 20.0 Å². The summed E-state index contributed by atoms with van der Waals surface area (Å²) in [6.45, 7) is 7.83. The van der Waals surface area contributed by atoms with E-state index in [1.54, 1.807) is 0 Å². The van der Waals surface area contributed by atoms with Crippen LogP contribution in [-0.4, -0.2) is 46.3 Å². The quantitative estimate of drug-likeness (QED) is 0.902. The molecule has 0 radical (unpaired) electrons. The third-order valence-electron chi connectivity index (χ3n) is 5.58. The van der Waals surface area contributed by atoms with Crippen molar-refractivity contribution in [2.75, 3.05) is 19.6 Å². The lowest BCUT2D eigenvalue weighted by Gasteiger charge is -2.32. The molecule has 0 aromatic carbocycles. The topological polar surface area (TPSA) is 50.2 Å². The fourth-order valence-electron chi connectivity index (χ4n) is 4.15. The Hall–Kier alpha value is -1.36. The number of hydrogen-bond acceptors (Lipinski definition) is 3. The minimum Gasteiger partial charge on any atom is -0.352 e. The first-order valence-corrected chi connectivity index (χ1v) is 9.63. The Morgan fingerprint density at radius 2 is 1.88 bits per heavy atom. The standard InChI is InChI=1S/C19H32N4O/c1-15-12-16(2)23(21-15)13-17-8-10-22(11-9-17)14-19(24)20-18-6-4-3-5-7-18/h12,17-18H,3-11,13-14H2,1-2H3,(H,20,24). The Balaban J connectivity index is 1.38. The van der Waals surface area contributed by atoms with Crippen LogP contribution in [0.3, 0.4) is 0 Å². The van der Waals surface area contributed by atoms with Crippen LogP contribution in [0.15, 0.2) is 6.07 Å². The van der Waals surface area contributed by atoms with Gasteiger partial charge in [-0.15, -0.1) is 0 Å². The van der Waals surface area contributed by atoms with E-state index in [9.17, 15) is 4.79 Å². The molecular weight excluding hydrogens is 300 g/mol. The number of likely N-dealkylation sites (tertiary alicyclic amines) is 1. The molecule has 24 heavy (non-hydrogen) atoms. The first-order chi connectivity index (χ1) is 11.6. The van der Waals surface area contributed by atoms with E-state index in [4.69, 9.17) is 0 Å². The molecule has 1 N–H and O–H groups in total. The van der Waals surface area contributed by atoms with Crippen molar-refractivity contribution in [2.24, 2.45) is 5.92 Å². The molecule has 0 spiro atoms. The Morgan fingerprint density at radius 1 is 1.17 bits per heavy atom. The second-order valence-electron chi connectivity index (χ2n) is 7.73. The van der Waals surface area contributed by atoms with Gasteiger partial charge in [0.05, 0.1) is 12.2 Å². The van der Waals surface area contributed by atoms with E-state index in [-0.39, 0.29) is 5.91 Å². The van der Waals surface area contributed by atoms with Crippen molar-refractivity contribution in [2.45, 2.75) is 71.4 Å². The first kappa shape index (κ1) is 17.5. The van der Waals surface area contributed by atoms with Gasteiger partial charge in [-0.1, -0.05) is 19.3 Å². The first-order valence-electron chi connectivity index (χ1n) is 9.63. The number of nitrogens with one attached hydrogen (secondary N) is 1. The predicted molar refractivity (Wildman–Crippen MR) is 95.9 cm³/mol. The zero-order valence-electron chi connectivity index (χ0n) is 15.3. The highest BCUT2D eigenvalue weighted by atomic mass is 16.2. The molecule has 134 valence electrons. The van der Waals surface area contributed by atoms with Gasteiger partial charge in [0.25, 0.3) is 0 Å². The van der Waals surface area contributed by atoms with Gasteiger partial charge >= 0.3 is 0 Å². The van der Waals surface area contributed by atoms with Gasteiger partial charge in [0.2, 0.25) is 5.91 Å². The van der Waals surface area contributed by atoms with Crippen LogP contribution >= 0.6 is 0 Å². The van der Waals surface area contributed by atoms with Gasteiger partial charge in [-0.05, 0) is 64.6 Å². The Labute approximate surface area is 145 Å². The SMILES string of the molecule is Cc1cc(C)n(CC2CCN(CC(=O)NC3CCCCC3)CC2)n1. The van der Waals surface area contributed by atoms with Gasteiger partial charge < -0.3 is 5.32 Å². The maximum atomic E-state index is 12.2. The highest BCUT2D eigenvalue weighted by Gasteiger charge is 2.23. The lowest BCUT2D eigenvalue weighted by Crippen LogP contribution is -2.45. The Kier molecular flexibility index (Phi) is 5.93. The number of carbonyl (C=O) groups excluding carboxylic acids is 1. The highest BCUT2D eigenvalue weighted by Crippen LogP contribution is 2.20. The van der Waals surface area contributed by atoms with E-state index in [0.717, 1.165) is 51.0 Å². The molecule has 3 rings (SSSR count). The molecule has 1 aliphatic heterocycles. The van der Waals surface area contributed by atoms with Crippen LogP contribution in [-0.2, 0) is 11.3 Å². The molecule has 1 aromatic heterocycles. The van der Waals surface area contributed by atoms with Crippen molar-refractivity contribution >= 4 is 5.91 Å². The van der Waals surface area contributed by atoms with E-state index >= 15 is 0 Å². The number of piperidine rings is 1. The second kappa shape index (κ2) is 8.15. The number of nitrogens with zero attached hydrogens (tertiary/aromatic N) is 3. The molecule has 2 fully saturated rings. The zero-order chi connectivity index (χ0) is 16.9. The van der Waals surface area contributed by atoms with E-state index in [1.807, 2.05) is 0 Å². The highest BCUT2D eigenvalue weighted by molar-refractivity contribution is 5.78. The van der Waals surface area contributed by atoms with Crippen molar-refractivity contribution in [1.29, 1.82) is 0 Å². The van der Waals surface area contributed by atoms with Gasteiger partial charge in [-0.25, -0.2) is 0 Å². The molecule has 0 bridgehead atoms. The van der Waals surface area contributed by atoms with E-state index < -0.39 is 0 Å². The summed E-state index contributed by atoms with van der Waals surface area (Å²) in [5.74, 6) is 0.902. The number of amides is 1. The van der Waals surface area contributed by atoms with Crippen LogP contribution in [0.25, 0.3) is 0 Å². The van der Waals surface area contributed by atoms with E-state index in [2.05, 4.69) is 39.9 Å². The van der Waals surface area contributed by atoms with Gasteiger partial charge in [-0.2, -0.15) is 5.10 Å². The molecule has 5 heteroatoms. The maximum Gasteiger partial charge on any atom is 0.234 e. The fraction of sp³-hybridized carbons (Fsp3) is 0.789. The normalized spacial score (nSPS) is 21.1. The molecule has 1 aliphatic carbocycles. The summed E-state index contributed by atoms with van der Waals surface area (Å²) in [6.07, 6.45) is 8.51. The number of aryl methyl sites for hydroxylation is 2. The Morgan fingerprint density at radius 3 is 2.50 bits per heavy atom. The molecular formula is C19H32N4O. The summed E-state index contributed by atoms with van der Waals surface area (Å²) >= 11 is 0. The van der Waals surface area contributed by atoms with Crippen LogP contribution in [0.4, 0.5) is 0 Å². The third-order valence-corrected chi connectivity index (χ3v) is 5.58. The van der Waals surface area contributed by atoms with Crippen LogP contribution in [0.2, 0.25) is 0 Å². The van der Waals surface area contributed by atoms with Gasteiger partial charge in [0.15, 0.2) is 0 Å². The molecule has 0 atom stereocenters. The van der Waals surface area contributed by atoms with Gasteiger partial charge in [0.1, 0.15) is 0 Å². The van der Waals surface area contributed by atoms with Crippen molar-refractivity contribution in [3.63, 3.8) is 0 Å². The largest absolute Gasteiger partial charge is 0.352 e. The van der Waals surface area contributed by atoms with Crippen molar-refractivity contribution in [3.05, 3.63) is 17.5 Å². The molecule has 1 amide bonds. The van der Waals surface area contributed by atoms with Crippen LogP contribution in [0, 0.1) is 19.8 Å². The minimum atomic E-state index is 0.221. The summed E-state index contributed by atoms with van der Waals surface area (Å²) in [7, 11) is 0. The van der Waals surface area contributed by atoms with Gasteiger partial charge in [0, 0.05) is 18.3 Å². The van der Waals surface area contributed by atoms with Gasteiger partial charge in [-0.3, -0.25) is 14.4 Å². The average molecular weight is 332 g/mol. The number of hydrogen-bond donors (Lipinski definition) is 1. The predicted octanol–water partition coefficient (Wildman–Crippen LogP) is 2.66. The third kappa shape index (κ3) is 4.82. The van der Waals surface area contributed by atoms with E-state index in [0.29, 0.717) is 18.5 Å².